The molecule has 4 rings (SSSR count). The van der Waals surface area contributed by atoms with E-state index < -0.39 is 0 Å². The van der Waals surface area contributed by atoms with Crippen molar-refractivity contribution in [1.29, 1.82) is 0 Å². The molecule has 158 valence electrons. The minimum Gasteiger partial charge on any atom is -0.357 e. The zero-order chi connectivity index (χ0) is 18.5. The monoisotopic (exact) mass is 500 g/mol. The number of hydrogen-bond donors (Lipinski definition) is 1. The predicted octanol–water partition coefficient (Wildman–Crippen LogP) is 3.64. The molecule has 2 fully saturated rings. The lowest BCUT2D eigenvalue weighted by Gasteiger charge is -2.22. The maximum atomic E-state index is 4.96. The number of aryl methyl sites for hydroxylation is 2. The Morgan fingerprint density at radius 2 is 1.86 bits per heavy atom. The Labute approximate surface area is 187 Å². The Hall–Kier alpha value is -0.860. The van der Waals surface area contributed by atoms with Crippen LogP contribution in [0.1, 0.15) is 69.9 Å². The van der Waals surface area contributed by atoms with E-state index in [4.69, 9.17) is 4.99 Å². The first kappa shape index (κ1) is 21.8. The third-order valence-electron chi connectivity index (χ3n) is 6.62. The molecule has 1 saturated heterocycles. The fraction of sp³-hybridized carbons (Fsp3) is 0.857. The van der Waals surface area contributed by atoms with Crippen LogP contribution in [0.3, 0.4) is 0 Å². The highest BCUT2D eigenvalue weighted by Gasteiger charge is 2.35. The molecule has 1 aliphatic carbocycles. The summed E-state index contributed by atoms with van der Waals surface area (Å²) < 4.78 is 2.37. The zero-order valence-corrected chi connectivity index (χ0v) is 19.7. The van der Waals surface area contributed by atoms with Gasteiger partial charge in [0.25, 0.3) is 0 Å². The van der Waals surface area contributed by atoms with Crippen molar-refractivity contribution < 1.29 is 0 Å². The molecule has 0 spiro atoms. The van der Waals surface area contributed by atoms with Crippen molar-refractivity contribution in [3.05, 3.63) is 11.6 Å². The van der Waals surface area contributed by atoms with E-state index in [0.29, 0.717) is 0 Å². The van der Waals surface area contributed by atoms with Crippen molar-refractivity contribution in [1.82, 2.24) is 25.0 Å². The molecular weight excluding hydrogens is 463 g/mol. The number of hydrogen-bond acceptors (Lipinski definition) is 3. The van der Waals surface area contributed by atoms with Crippen LogP contribution in [0.25, 0.3) is 0 Å². The van der Waals surface area contributed by atoms with E-state index in [0.717, 1.165) is 56.7 Å². The SMILES string of the molecule is CCNC(=NCCCc1nnc2n1CCCCC2)N1CC2CCCCC2C1.I. The molecule has 28 heavy (non-hydrogen) atoms. The van der Waals surface area contributed by atoms with Gasteiger partial charge in [-0.05, 0) is 50.9 Å². The van der Waals surface area contributed by atoms with Crippen molar-refractivity contribution in [3.8, 4) is 0 Å². The molecule has 1 aromatic heterocycles. The van der Waals surface area contributed by atoms with E-state index in [1.165, 1.54) is 69.7 Å². The van der Waals surface area contributed by atoms with Crippen molar-refractivity contribution in [2.75, 3.05) is 26.2 Å². The van der Waals surface area contributed by atoms with Gasteiger partial charge < -0.3 is 14.8 Å². The summed E-state index contributed by atoms with van der Waals surface area (Å²) in [5.74, 6) is 5.29. The molecule has 0 aromatic carbocycles. The average Bonchev–Trinajstić information content (AvgIpc) is 3.21. The van der Waals surface area contributed by atoms with Crippen LogP contribution in [-0.2, 0) is 19.4 Å². The van der Waals surface area contributed by atoms with Gasteiger partial charge in [-0.1, -0.05) is 19.3 Å². The largest absolute Gasteiger partial charge is 0.357 e. The van der Waals surface area contributed by atoms with Crippen LogP contribution in [0.2, 0.25) is 0 Å². The first-order valence-corrected chi connectivity index (χ1v) is 11.3. The summed E-state index contributed by atoms with van der Waals surface area (Å²) in [6, 6.07) is 0. The lowest BCUT2D eigenvalue weighted by molar-refractivity contribution is 0.299. The zero-order valence-electron chi connectivity index (χ0n) is 17.4. The normalized spacial score (nSPS) is 24.9. The summed E-state index contributed by atoms with van der Waals surface area (Å²) in [6.45, 7) is 7.49. The number of aliphatic imine (C=N–C) groups is 1. The Morgan fingerprint density at radius 1 is 1.07 bits per heavy atom. The summed E-state index contributed by atoms with van der Waals surface area (Å²) in [4.78, 5) is 7.48. The lowest BCUT2D eigenvalue weighted by Crippen LogP contribution is -2.40. The number of nitrogens with zero attached hydrogens (tertiary/aromatic N) is 5. The molecule has 0 amide bonds. The quantitative estimate of drug-likeness (QED) is 0.290. The smallest absolute Gasteiger partial charge is 0.193 e. The van der Waals surface area contributed by atoms with Crippen molar-refractivity contribution in [2.24, 2.45) is 16.8 Å². The molecule has 1 N–H and O–H groups in total. The van der Waals surface area contributed by atoms with E-state index in [9.17, 15) is 0 Å². The van der Waals surface area contributed by atoms with E-state index in [-0.39, 0.29) is 24.0 Å². The summed E-state index contributed by atoms with van der Waals surface area (Å²) >= 11 is 0. The van der Waals surface area contributed by atoms with Gasteiger partial charge in [0.05, 0.1) is 0 Å². The minimum absolute atomic E-state index is 0. The Balaban J connectivity index is 0.00000225. The Morgan fingerprint density at radius 3 is 2.61 bits per heavy atom. The van der Waals surface area contributed by atoms with Crippen LogP contribution in [0.5, 0.6) is 0 Å². The van der Waals surface area contributed by atoms with Gasteiger partial charge in [-0.3, -0.25) is 4.99 Å². The Kier molecular flexibility index (Phi) is 8.41. The summed E-state index contributed by atoms with van der Waals surface area (Å²) in [7, 11) is 0. The highest BCUT2D eigenvalue weighted by molar-refractivity contribution is 14.0. The third kappa shape index (κ3) is 5.19. The van der Waals surface area contributed by atoms with Crippen LogP contribution in [-0.4, -0.2) is 51.8 Å². The molecule has 0 bridgehead atoms. The topological polar surface area (TPSA) is 58.3 Å². The van der Waals surface area contributed by atoms with Crippen molar-refractivity contribution in [3.63, 3.8) is 0 Å². The maximum Gasteiger partial charge on any atom is 0.193 e. The number of halogens is 1. The maximum absolute atomic E-state index is 4.96. The highest BCUT2D eigenvalue weighted by atomic mass is 127. The molecular formula is C21H37IN6. The van der Waals surface area contributed by atoms with Crippen LogP contribution < -0.4 is 5.32 Å². The number of rotatable bonds is 5. The van der Waals surface area contributed by atoms with E-state index in [1.807, 2.05) is 0 Å². The molecule has 2 unspecified atom stereocenters. The number of aromatic nitrogens is 3. The highest BCUT2D eigenvalue weighted by Crippen LogP contribution is 2.35. The second kappa shape index (κ2) is 10.8. The van der Waals surface area contributed by atoms with Crippen LogP contribution in [0, 0.1) is 11.8 Å². The predicted molar refractivity (Wildman–Crippen MR) is 124 cm³/mol. The van der Waals surface area contributed by atoms with Gasteiger partial charge in [0.2, 0.25) is 0 Å². The van der Waals surface area contributed by atoms with Gasteiger partial charge >= 0.3 is 0 Å². The van der Waals surface area contributed by atoms with E-state index in [1.54, 1.807) is 0 Å². The second-order valence-corrected chi connectivity index (χ2v) is 8.54. The van der Waals surface area contributed by atoms with E-state index >= 15 is 0 Å². The van der Waals surface area contributed by atoms with Gasteiger partial charge in [0.15, 0.2) is 5.96 Å². The fourth-order valence-electron chi connectivity index (χ4n) is 5.16. The molecule has 1 saturated carbocycles. The Bertz CT molecular complexity index is 629. The second-order valence-electron chi connectivity index (χ2n) is 8.54. The molecule has 1 aromatic rings. The third-order valence-corrected chi connectivity index (χ3v) is 6.62. The minimum atomic E-state index is 0. The van der Waals surface area contributed by atoms with Gasteiger partial charge in [0.1, 0.15) is 11.6 Å². The summed E-state index contributed by atoms with van der Waals surface area (Å²) in [6.07, 6.45) is 12.6. The summed E-state index contributed by atoms with van der Waals surface area (Å²) in [5.41, 5.74) is 0. The van der Waals surface area contributed by atoms with Gasteiger partial charge in [-0.15, -0.1) is 34.2 Å². The van der Waals surface area contributed by atoms with Crippen LogP contribution in [0.15, 0.2) is 4.99 Å². The first-order chi connectivity index (χ1) is 13.3. The molecule has 2 atom stereocenters. The first-order valence-electron chi connectivity index (χ1n) is 11.3. The van der Waals surface area contributed by atoms with Crippen LogP contribution >= 0.6 is 24.0 Å². The molecule has 0 radical (unpaired) electrons. The average molecular weight is 500 g/mol. The van der Waals surface area contributed by atoms with Gasteiger partial charge in [0, 0.05) is 45.6 Å². The molecule has 3 heterocycles. The number of guanidine groups is 1. The molecule has 7 heteroatoms. The standard InChI is InChI=1S/C21H36N6.HI/c1-2-22-21(26-15-17-9-5-6-10-18(17)16-26)23-13-8-12-20-25-24-19-11-4-3-7-14-27(19)20;/h17-18H,2-16H2,1H3,(H,22,23);1H. The van der Waals surface area contributed by atoms with E-state index in [2.05, 4.69) is 31.9 Å². The number of fused-ring (bicyclic) bond motifs is 2. The van der Waals surface area contributed by atoms with Gasteiger partial charge in [-0.2, -0.15) is 0 Å². The summed E-state index contributed by atoms with van der Waals surface area (Å²) in [5, 5.41) is 12.4. The fourth-order valence-corrected chi connectivity index (χ4v) is 5.16. The van der Waals surface area contributed by atoms with Crippen molar-refractivity contribution in [2.45, 2.75) is 77.7 Å². The number of nitrogens with one attached hydrogen (secondary N) is 1. The van der Waals surface area contributed by atoms with Crippen molar-refractivity contribution >= 4 is 29.9 Å². The lowest BCUT2D eigenvalue weighted by atomic mass is 9.82. The molecule has 2 aliphatic heterocycles. The number of likely N-dealkylation sites (tertiary alicyclic amines) is 1. The van der Waals surface area contributed by atoms with Crippen LogP contribution in [0.4, 0.5) is 0 Å². The van der Waals surface area contributed by atoms with Gasteiger partial charge in [-0.25, -0.2) is 0 Å². The molecule has 6 nitrogen and oxygen atoms in total. The molecule has 3 aliphatic rings.